The van der Waals surface area contributed by atoms with E-state index in [2.05, 4.69) is 5.32 Å². The number of halogens is 1. The topological polar surface area (TPSA) is 69.6 Å². The molecule has 0 aliphatic carbocycles. The highest BCUT2D eigenvalue weighted by atomic mass is 35.5. The number of carbonyl (C=O) groups is 2. The van der Waals surface area contributed by atoms with Gasteiger partial charge in [0.05, 0.1) is 6.42 Å². The van der Waals surface area contributed by atoms with Crippen LogP contribution >= 0.6 is 11.6 Å². The van der Waals surface area contributed by atoms with E-state index in [0.29, 0.717) is 24.5 Å². The number of benzene rings is 2. The van der Waals surface area contributed by atoms with E-state index in [4.69, 9.17) is 16.7 Å². The molecule has 2 aromatic carbocycles. The summed E-state index contributed by atoms with van der Waals surface area (Å²) >= 11 is 5.90. The Kier molecular flexibility index (Phi) is 8.30. The first-order chi connectivity index (χ1) is 13.0. The number of rotatable bonds is 9. The second-order valence-electron chi connectivity index (χ2n) is 6.35. The lowest BCUT2D eigenvalue weighted by molar-refractivity contribution is -0.140. The van der Waals surface area contributed by atoms with Gasteiger partial charge in [0.1, 0.15) is 6.04 Å². The SMILES string of the molecule is C[C@@H](C(=O)NCCCO)N(Cc1ccccc1)C(=O)Cc1ccc(Cl)cc1. The molecule has 1 atom stereocenters. The minimum Gasteiger partial charge on any atom is -0.396 e. The smallest absolute Gasteiger partial charge is 0.242 e. The molecule has 0 aromatic heterocycles. The Balaban J connectivity index is 2.13. The molecule has 2 aromatic rings. The van der Waals surface area contributed by atoms with Crippen LogP contribution in [0.5, 0.6) is 0 Å². The number of carbonyl (C=O) groups excluding carboxylic acids is 2. The fourth-order valence-corrected chi connectivity index (χ4v) is 2.81. The summed E-state index contributed by atoms with van der Waals surface area (Å²) in [7, 11) is 0. The molecule has 0 saturated carbocycles. The molecule has 2 amide bonds. The van der Waals surface area contributed by atoms with E-state index in [1.54, 1.807) is 24.0 Å². The molecule has 0 heterocycles. The van der Waals surface area contributed by atoms with Crippen LogP contribution in [-0.2, 0) is 22.6 Å². The zero-order valence-corrected chi connectivity index (χ0v) is 16.2. The minimum absolute atomic E-state index is 0.0118. The summed E-state index contributed by atoms with van der Waals surface area (Å²) in [6.07, 6.45) is 0.675. The van der Waals surface area contributed by atoms with Crippen LogP contribution in [-0.4, -0.2) is 41.0 Å². The average Bonchev–Trinajstić information content (AvgIpc) is 2.68. The molecule has 0 radical (unpaired) electrons. The summed E-state index contributed by atoms with van der Waals surface area (Å²) in [6.45, 7) is 2.46. The average molecular weight is 389 g/mol. The van der Waals surface area contributed by atoms with E-state index in [-0.39, 0.29) is 24.8 Å². The highest BCUT2D eigenvalue weighted by Gasteiger charge is 2.25. The molecule has 0 aliphatic heterocycles. The highest BCUT2D eigenvalue weighted by molar-refractivity contribution is 6.30. The van der Waals surface area contributed by atoms with Crippen LogP contribution in [0.4, 0.5) is 0 Å². The Morgan fingerprint density at radius 3 is 2.37 bits per heavy atom. The van der Waals surface area contributed by atoms with Crippen molar-refractivity contribution < 1.29 is 14.7 Å². The molecule has 0 bridgehead atoms. The molecule has 5 nitrogen and oxygen atoms in total. The van der Waals surface area contributed by atoms with Gasteiger partial charge in [-0.05, 0) is 36.6 Å². The van der Waals surface area contributed by atoms with Gasteiger partial charge < -0.3 is 15.3 Å². The summed E-state index contributed by atoms with van der Waals surface area (Å²) < 4.78 is 0. The zero-order valence-electron chi connectivity index (χ0n) is 15.4. The van der Waals surface area contributed by atoms with E-state index < -0.39 is 6.04 Å². The molecule has 2 N–H and O–H groups in total. The number of nitrogens with one attached hydrogen (secondary N) is 1. The third-order valence-corrected chi connectivity index (χ3v) is 4.52. The van der Waals surface area contributed by atoms with Gasteiger partial charge in [0, 0.05) is 24.7 Å². The van der Waals surface area contributed by atoms with Gasteiger partial charge in [0.2, 0.25) is 11.8 Å². The Morgan fingerprint density at radius 2 is 1.74 bits per heavy atom. The minimum atomic E-state index is -0.622. The monoisotopic (exact) mass is 388 g/mol. The molecule has 0 saturated heterocycles. The molecular weight excluding hydrogens is 364 g/mol. The third-order valence-electron chi connectivity index (χ3n) is 4.27. The number of hydrogen-bond donors (Lipinski definition) is 2. The van der Waals surface area contributed by atoms with Crippen molar-refractivity contribution in [2.45, 2.75) is 32.4 Å². The molecule has 6 heteroatoms. The van der Waals surface area contributed by atoms with Crippen molar-refractivity contribution in [3.63, 3.8) is 0 Å². The Bertz CT molecular complexity index is 735. The quantitative estimate of drug-likeness (QED) is 0.649. The number of aliphatic hydroxyl groups is 1. The lowest BCUT2D eigenvalue weighted by Crippen LogP contribution is -2.48. The van der Waals surface area contributed by atoms with Crippen LogP contribution in [0.1, 0.15) is 24.5 Å². The summed E-state index contributed by atoms with van der Waals surface area (Å²) in [5.41, 5.74) is 1.80. The van der Waals surface area contributed by atoms with Gasteiger partial charge in [-0.15, -0.1) is 0 Å². The largest absolute Gasteiger partial charge is 0.396 e. The van der Waals surface area contributed by atoms with Crippen LogP contribution in [0.3, 0.4) is 0 Å². The van der Waals surface area contributed by atoms with Gasteiger partial charge >= 0.3 is 0 Å². The number of amides is 2. The molecule has 144 valence electrons. The summed E-state index contributed by atoms with van der Waals surface area (Å²) in [4.78, 5) is 27.0. The van der Waals surface area contributed by atoms with Crippen LogP contribution < -0.4 is 5.32 Å². The Morgan fingerprint density at radius 1 is 1.07 bits per heavy atom. The van der Waals surface area contributed by atoms with Crippen molar-refractivity contribution in [1.82, 2.24) is 10.2 Å². The van der Waals surface area contributed by atoms with Gasteiger partial charge in [0.15, 0.2) is 0 Å². The lowest BCUT2D eigenvalue weighted by Gasteiger charge is -2.29. The normalized spacial score (nSPS) is 11.7. The molecule has 27 heavy (non-hydrogen) atoms. The Hall–Kier alpha value is -2.37. The maximum atomic E-state index is 13.0. The van der Waals surface area contributed by atoms with E-state index in [0.717, 1.165) is 11.1 Å². The summed E-state index contributed by atoms with van der Waals surface area (Å²) in [5, 5.41) is 12.2. The fraction of sp³-hybridized carbons (Fsp3) is 0.333. The van der Waals surface area contributed by atoms with Gasteiger partial charge in [-0.2, -0.15) is 0 Å². The first-order valence-electron chi connectivity index (χ1n) is 8.97. The third kappa shape index (κ3) is 6.70. The number of nitrogens with zero attached hydrogens (tertiary/aromatic N) is 1. The Labute approximate surface area is 165 Å². The van der Waals surface area contributed by atoms with E-state index in [1.807, 2.05) is 42.5 Å². The van der Waals surface area contributed by atoms with E-state index in [1.165, 1.54) is 0 Å². The maximum Gasteiger partial charge on any atom is 0.242 e. The second-order valence-corrected chi connectivity index (χ2v) is 6.79. The highest BCUT2D eigenvalue weighted by Crippen LogP contribution is 2.14. The van der Waals surface area contributed by atoms with Gasteiger partial charge in [0.25, 0.3) is 0 Å². The van der Waals surface area contributed by atoms with Crippen molar-refractivity contribution in [2.24, 2.45) is 0 Å². The zero-order chi connectivity index (χ0) is 19.6. The van der Waals surface area contributed by atoms with E-state index in [9.17, 15) is 9.59 Å². The molecule has 2 rings (SSSR count). The van der Waals surface area contributed by atoms with Crippen LogP contribution in [0, 0.1) is 0 Å². The first-order valence-corrected chi connectivity index (χ1v) is 9.35. The molecule has 0 spiro atoms. The summed E-state index contributed by atoms with van der Waals surface area (Å²) in [6, 6.07) is 16.1. The van der Waals surface area contributed by atoms with Crippen molar-refractivity contribution in [2.75, 3.05) is 13.2 Å². The number of aliphatic hydroxyl groups excluding tert-OH is 1. The van der Waals surface area contributed by atoms with Gasteiger partial charge in [-0.3, -0.25) is 9.59 Å². The van der Waals surface area contributed by atoms with Gasteiger partial charge in [-0.25, -0.2) is 0 Å². The standard InChI is InChI=1S/C21H25ClN2O3/c1-16(21(27)23-12-5-13-25)24(15-18-6-3-2-4-7-18)20(26)14-17-8-10-19(22)11-9-17/h2-4,6-11,16,25H,5,12-15H2,1H3,(H,23,27)/t16-/m0/s1. The predicted octanol–water partition coefficient (Wildman–Crippen LogP) is 2.80. The first kappa shape index (κ1) is 20.9. The second kappa shape index (κ2) is 10.7. The molecule has 0 fully saturated rings. The van der Waals surface area contributed by atoms with Crippen molar-refractivity contribution in [3.05, 3.63) is 70.7 Å². The number of hydrogen-bond acceptors (Lipinski definition) is 3. The van der Waals surface area contributed by atoms with Crippen LogP contribution in [0.25, 0.3) is 0 Å². The van der Waals surface area contributed by atoms with Crippen molar-refractivity contribution in [3.8, 4) is 0 Å². The van der Waals surface area contributed by atoms with E-state index >= 15 is 0 Å². The lowest BCUT2D eigenvalue weighted by atomic mass is 10.1. The molecular formula is C21H25ClN2O3. The van der Waals surface area contributed by atoms with Crippen LogP contribution in [0.2, 0.25) is 5.02 Å². The maximum absolute atomic E-state index is 13.0. The molecule has 0 aliphatic rings. The van der Waals surface area contributed by atoms with Crippen molar-refractivity contribution in [1.29, 1.82) is 0 Å². The molecule has 0 unspecified atom stereocenters. The fourth-order valence-electron chi connectivity index (χ4n) is 2.68. The van der Waals surface area contributed by atoms with Crippen molar-refractivity contribution >= 4 is 23.4 Å². The van der Waals surface area contributed by atoms with Crippen LogP contribution in [0.15, 0.2) is 54.6 Å². The summed E-state index contributed by atoms with van der Waals surface area (Å²) in [5.74, 6) is -0.366. The predicted molar refractivity (Wildman–Crippen MR) is 106 cm³/mol. The van der Waals surface area contributed by atoms with Gasteiger partial charge in [-0.1, -0.05) is 54.1 Å².